The van der Waals surface area contributed by atoms with Gasteiger partial charge in [0.2, 0.25) is 0 Å². The zero-order valence-electron chi connectivity index (χ0n) is 13.9. The van der Waals surface area contributed by atoms with Crippen molar-refractivity contribution in [3.63, 3.8) is 0 Å². The quantitative estimate of drug-likeness (QED) is 0.802. The summed E-state index contributed by atoms with van der Waals surface area (Å²) < 4.78 is 4.85. The van der Waals surface area contributed by atoms with Crippen LogP contribution in [0.5, 0.6) is 0 Å². The van der Waals surface area contributed by atoms with Crippen LogP contribution in [0.15, 0.2) is 10.6 Å². The van der Waals surface area contributed by atoms with Crippen molar-refractivity contribution in [3.8, 4) is 0 Å². The van der Waals surface area contributed by atoms with Crippen LogP contribution in [-0.2, 0) is 6.61 Å². The van der Waals surface area contributed by atoms with Gasteiger partial charge in [-0.05, 0) is 40.8 Å². The second-order valence-corrected chi connectivity index (χ2v) is 6.15. The van der Waals surface area contributed by atoms with Gasteiger partial charge in [0.1, 0.15) is 6.61 Å². The van der Waals surface area contributed by atoms with Gasteiger partial charge in [0.05, 0.1) is 5.54 Å². The summed E-state index contributed by atoms with van der Waals surface area (Å²) in [5.41, 5.74) is -0.507. The highest BCUT2D eigenvalue weighted by Gasteiger charge is 2.42. The number of hydrogen-bond acceptors (Lipinski definition) is 5. The van der Waals surface area contributed by atoms with Crippen LogP contribution in [0.25, 0.3) is 0 Å². The average Bonchev–Trinajstić information content (AvgIpc) is 2.88. The Hall–Kier alpha value is -1.40. The minimum Gasteiger partial charge on any atom is -0.388 e. The summed E-state index contributed by atoms with van der Waals surface area (Å²) in [6.45, 7) is 14.0. The maximum absolute atomic E-state index is 12.3. The van der Waals surface area contributed by atoms with E-state index in [9.17, 15) is 4.79 Å². The third-order valence-electron chi connectivity index (χ3n) is 4.46. The van der Waals surface area contributed by atoms with E-state index in [0.717, 1.165) is 13.1 Å². The number of carbonyl (C=O) groups excluding carboxylic acids is 1. The Morgan fingerprint density at radius 1 is 1.33 bits per heavy atom. The summed E-state index contributed by atoms with van der Waals surface area (Å²) in [5, 5.41) is 15.7. The Morgan fingerprint density at radius 2 is 1.90 bits per heavy atom. The standard InChI is InChI=1S/C15H27N3O3/c1-7-18(8-2)15(5,6)14(3,4)16-13(20)12-9-11(10-19)21-17-12/h9,19H,7-8,10H2,1-6H3,(H,16,20). The van der Waals surface area contributed by atoms with Gasteiger partial charge < -0.3 is 14.9 Å². The monoisotopic (exact) mass is 297 g/mol. The summed E-state index contributed by atoms with van der Waals surface area (Å²) in [4.78, 5) is 14.6. The number of likely N-dealkylation sites (N-methyl/N-ethyl adjacent to an activating group) is 1. The van der Waals surface area contributed by atoms with Gasteiger partial charge in [0.25, 0.3) is 5.91 Å². The fourth-order valence-corrected chi connectivity index (χ4v) is 2.40. The number of nitrogens with one attached hydrogen (secondary N) is 1. The molecule has 0 aliphatic heterocycles. The molecule has 6 nitrogen and oxygen atoms in total. The second-order valence-electron chi connectivity index (χ2n) is 6.15. The van der Waals surface area contributed by atoms with Crippen molar-refractivity contribution in [3.05, 3.63) is 17.5 Å². The maximum atomic E-state index is 12.3. The van der Waals surface area contributed by atoms with Crippen LogP contribution >= 0.6 is 0 Å². The minimum atomic E-state index is -0.464. The number of nitrogens with zero attached hydrogens (tertiary/aromatic N) is 2. The molecule has 0 bridgehead atoms. The van der Waals surface area contributed by atoms with Crippen molar-refractivity contribution in [1.29, 1.82) is 0 Å². The zero-order valence-corrected chi connectivity index (χ0v) is 13.9. The molecule has 0 aliphatic carbocycles. The minimum absolute atomic E-state index is 0.183. The van der Waals surface area contributed by atoms with Crippen molar-refractivity contribution in [2.24, 2.45) is 0 Å². The molecule has 0 unspecified atom stereocenters. The molecule has 1 aromatic rings. The first kappa shape index (κ1) is 17.7. The van der Waals surface area contributed by atoms with Crippen molar-refractivity contribution < 1.29 is 14.4 Å². The molecule has 1 amide bonds. The zero-order chi connectivity index (χ0) is 16.3. The van der Waals surface area contributed by atoms with E-state index in [1.165, 1.54) is 6.07 Å². The van der Waals surface area contributed by atoms with Crippen molar-refractivity contribution >= 4 is 5.91 Å². The molecule has 0 saturated heterocycles. The topological polar surface area (TPSA) is 78.6 Å². The van der Waals surface area contributed by atoms with E-state index in [4.69, 9.17) is 9.63 Å². The summed E-state index contributed by atoms with van der Waals surface area (Å²) in [7, 11) is 0. The molecule has 0 aromatic carbocycles. The smallest absolute Gasteiger partial charge is 0.273 e. The van der Waals surface area contributed by atoms with E-state index >= 15 is 0 Å². The van der Waals surface area contributed by atoms with E-state index in [-0.39, 0.29) is 29.5 Å². The van der Waals surface area contributed by atoms with Crippen LogP contribution in [0, 0.1) is 0 Å². The van der Waals surface area contributed by atoms with Gasteiger partial charge in [-0.25, -0.2) is 0 Å². The molecular formula is C15H27N3O3. The Morgan fingerprint density at radius 3 is 2.33 bits per heavy atom. The highest BCUT2D eigenvalue weighted by molar-refractivity contribution is 5.92. The molecule has 0 fully saturated rings. The summed E-state index contributed by atoms with van der Waals surface area (Å²) in [6, 6.07) is 1.45. The SMILES string of the molecule is CCN(CC)C(C)(C)C(C)(C)NC(=O)c1cc(CO)on1. The number of aliphatic hydroxyl groups excluding tert-OH is 1. The Labute approximate surface area is 126 Å². The molecule has 120 valence electrons. The predicted octanol–water partition coefficient (Wildman–Crippen LogP) is 1.80. The van der Waals surface area contributed by atoms with Crippen LogP contribution in [0.1, 0.15) is 57.8 Å². The lowest BCUT2D eigenvalue weighted by Gasteiger charge is -2.49. The van der Waals surface area contributed by atoms with Gasteiger partial charge in [0, 0.05) is 11.6 Å². The van der Waals surface area contributed by atoms with Gasteiger partial charge >= 0.3 is 0 Å². The summed E-state index contributed by atoms with van der Waals surface area (Å²) in [6.07, 6.45) is 0. The first-order valence-electron chi connectivity index (χ1n) is 7.33. The fourth-order valence-electron chi connectivity index (χ4n) is 2.40. The van der Waals surface area contributed by atoms with Crippen LogP contribution < -0.4 is 5.32 Å². The predicted molar refractivity (Wildman–Crippen MR) is 81.0 cm³/mol. The molecule has 0 atom stereocenters. The number of aromatic nitrogens is 1. The fraction of sp³-hybridized carbons (Fsp3) is 0.733. The third-order valence-corrected chi connectivity index (χ3v) is 4.46. The lowest BCUT2D eigenvalue weighted by atomic mass is 9.80. The maximum Gasteiger partial charge on any atom is 0.273 e. The first-order valence-corrected chi connectivity index (χ1v) is 7.33. The highest BCUT2D eigenvalue weighted by atomic mass is 16.5. The number of hydrogen-bond donors (Lipinski definition) is 2. The molecule has 0 spiro atoms. The van der Waals surface area contributed by atoms with Gasteiger partial charge in [-0.3, -0.25) is 9.69 Å². The molecule has 1 heterocycles. The lowest BCUT2D eigenvalue weighted by Crippen LogP contribution is -2.65. The molecule has 6 heteroatoms. The number of carbonyl (C=O) groups is 1. The third kappa shape index (κ3) is 3.63. The van der Waals surface area contributed by atoms with Gasteiger partial charge in [-0.15, -0.1) is 0 Å². The molecular weight excluding hydrogens is 270 g/mol. The van der Waals surface area contributed by atoms with E-state index in [2.05, 4.69) is 43.1 Å². The summed E-state index contributed by atoms with van der Waals surface area (Å²) in [5.74, 6) is -0.0235. The molecule has 2 N–H and O–H groups in total. The second kappa shape index (κ2) is 6.58. The lowest BCUT2D eigenvalue weighted by molar-refractivity contribution is 0.0425. The largest absolute Gasteiger partial charge is 0.388 e. The highest BCUT2D eigenvalue weighted by Crippen LogP contribution is 2.28. The van der Waals surface area contributed by atoms with Crippen LogP contribution in [0.3, 0.4) is 0 Å². The van der Waals surface area contributed by atoms with Crippen LogP contribution in [0.2, 0.25) is 0 Å². The van der Waals surface area contributed by atoms with E-state index in [1.807, 2.05) is 13.8 Å². The van der Waals surface area contributed by atoms with Crippen LogP contribution in [0.4, 0.5) is 0 Å². The molecule has 1 aromatic heterocycles. The van der Waals surface area contributed by atoms with E-state index in [1.54, 1.807) is 0 Å². The Bertz CT molecular complexity index is 476. The number of rotatable bonds is 7. The van der Waals surface area contributed by atoms with E-state index in [0.29, 0.717) is 0 Å². The van der Waals surface area contributed by atoms with Crippen molar-refractivity contribution in [1.82, 2.24) is 15.4 Å². The van der Waals surface area contributed by atoms with Gasteiger partial charge in [-0.2, -0.15) is 0 Å². The van der Waals surface area contributed by atoms with Gasteiger partial charge in [-0.1, -0.05) is 19.0 Å². The van der Waals surface area contributed by atoms with Crippen molar-refractivity contribution in [2.45, 2.75) is 59.2 Å². The van der Waals surface area contributed by atoms with Gasteiger partial charge in [0.15, 0.2) is 11.5 Å². The molecule has 21 heavy (non-hydrogen) atoms. The Kier molecular flexibility index (Phi) is 5.53. The summed E-state index contributed by atoms with van der Waals surface area (Å²) >= 11 is 0. The van der Waals surface area contributed by atoms with Crippen molar-refractivity contribution in [2.75, 3.05) is 13.1 Å². The Balaban J connectivity index is 2.90. The molecule has 1 rings (SSSR count). The molecule has 0 saturated carbocycles. The molecule has 0 radical (unpaired) electrons. The normalized spacial score (nSPS) is 12.8. The average molecular weight is 297 g/mol. The van der Waals surface area contributed by atoms with Crippen LogP contribution in [-0.4, -0.2) is 45.2 Å². The molecule has 0 aliphatic rings. The number of amides is 1. The first-order chi connectivity index (χ1) is 9.69. The number of aliphatic hydroxyl groups is 1. The van der Waals surface area contributed by atoms with E-state index < -0.39 is 5.54 Å².